The second-order valence-electron chi connectivity index (χ2n) is 3.89. The van der Waals surface area contributed by atoms with Crippen LogP contribution in [0.1, 0.15) is 38.2 Å². The molecule has 0 fully saturated rings. The third-order valence-corrected chi connectivity index (χ3v) is 2.80. The van der Waals surface area contributed by atoms with Crippen LogP contribution in [0.4, 0.5) is 0 Å². The number of ether oxygens (including phenoxy) is 2. The molecule has 0 aliphatic rings. The summed E-state index contributed by atoms with van der Waals surface area (Å²) in [6, 6.07) is 7.85. The normalized spacial score (nSPS) is 11.9. The highest BCUT2D eigenvalue weighted by atomic mass is 16.5. The van der Waals surface area contributed by atoms with Crippen molar-refractivity contribution in [1.82, 2.24) is 0 Å². The second kappa shape index (κ2) is 6.94. The fraction of sp³-hybridized carbons (Fsp3) is 0.500. The lowest BCUT2D eigenvalue weighted by atomic mass is 9.93. The average molecular weight is 236 g/mol. The molecular formula is C14H20O3. The Labute approximate surface area is 103 Å². The zero-order valence-electron chi connectivity index (χ0n) is 10.7. The summed E-state index contributed by atoms with van der Waals surface area (Å²) in [5, 5.41) is 0. The molecule has 1 rings (SSSR count). The van der Waals surface area contributed by atoms with E-state index in [1.165, 1.54) is 0 Å². The number of hydrogen-bond donors (Lipinski definition) is 0. The van der Waals surface area contributed by atoms with Crippen LogP contribution in [0, 0.1) is 0 Å². The topological polar surface area (TPSA) is 35.5 Å². The number of hydrogen-bond acceptors (Lipinski definition) is 3. The van der Waals surface area contributed by atoms with Crippen molar-refractivity contribution in [2.45, 2.75) is 32.6 Å². The lowest BCUT2D eigenvalue weighted by Crippen LogP contribution is -2.10. The van der Waals surface area contributed by atoms with Crippen LogP contribution in [0.25, 0.3) is 0 Å². The first-order valence-electron chi connectivity index (χ1n) is 6.00. The van der Waals surface area contributed by atoms with Crippen molar-refractivity contribution in [2.24, 2.45) is 0 Å². The minimum Gasteiger partial charge on any atom is -0.497 e. The van der Waals surface area contributed by atoms with Gasteiger partial charge in [-0.05, 0) is 37.0 Å². The molecule has 0 aromatic heterocycles. The summed E-state index contributed by atoms with van der Waals surface area (Å²) in [5.41, 5.74) is 1.15. The van der Waals surface area contributed by atoms with Crippen LogP contribution in [-0.4, -0.2) is 19.7 Å². The molecule has 94 valence electrons. The maximum atomic E-state index is 11.5. The van der Waals surface area contributed by atoms with Gasteiger partial charge in [0.1, 0.15) is 5.75 Å². The summed E-state index contributed by atoms with van der Waals surface area (Å²) in [6.45, 7) is 4.35. The van der Waals surface area contributed by atoms with Gasteiger partial charge in [0.05, 0.1) is 20.1 Å². The monoisotopic (exact) mass is 236 g/mol. The summed E-state index contributed by atoms with van der Waals surface area (Å²) in [7, 11) is 1.64. The molecular weight excluding hydrogens is 216 g/mol. The Morgan fingerprint density at radius 2 is 1.88 bits per heavy atom. The average Bonchev–Trinajstić information content (AvgIpc) is 2.36. The molecule has 3 nitrogen and oxygen atoms in total. The summed E-state index contributed by atoms with van der Waals surface area (Å²) in [4.78, 5) is 11.5. The molecule has 1 unspecified atom stereocenters. The molecule has 0 heterocycles. The maximum absolute atomic E-state index is 11.5. The zero-order valence-corrected chi connectivity index (χ0v) is 10.7. The van der Waals surface area contributed by atoms with Gasteiger partial charge in [0.25, 0.3) is 0 Å². The van der Waals surface area contributed by atoms with Gasteiger partial charge in [-0.25, -0.2) is 0 Å². The fourth-order valence-electron chi connectivity index (χ4n) is 1.80. The fourth-order valence-corrected chi connectivity index (χ4v) is 1.80. The smallest absolute Gasteiger partial charge is 0.306 e. The van der Waals surface area contributed by atoms with E-state index in [0.29, 0.717) is 13.0 Å². The van der Waals surface area contributed by atoms with Crippen LogP contribution in [0.5, 0.6) is 5.75 Å². The van der Waals surface area contributed by atoms with E-state index in [4.69, 9.17) is 9.47 Å². The van der Waals surface area contributed by atoms with Crippen molar-refractivity contribution in [3.63, 3.8) is 0 Å². The largest absolute Gasteiger partial charge is 0.497 e. The Morgan fingerprint density at radius 1 is 1.24 bits per heavy atom. The van der Waals surface area contributed by atoms with E-state index in [1.807, 2.05) is 31.2 Å². The van der Waals surface area contributed by atoms with Crippen molar-refractivity contribution in [2.75, 3.05) is 13.7 Å². The van der Waals surface area contributed by atoms with Crippen LogP contribution in [-0.2, 0) is 9.53 Å². The maximum Gasteiger partial charge on any atom is 0.306 e. The van der Waals surface area contributed by atoms with E-state index in [1.54, 1.807) is 7.11 Å². The van der Waals surface area contributed by atoms with Gasteiger partial charge >= 0.3 is 5.97 Å². The second-order valence-corrected chi connectivity index (χ2v) is 3.89. The quantitative estimate of drug-likeness (QED) is 0.712. The molecule has 0 saturated carbocycles. The van der Waals surface area contributed by atoms with Crippen molar-refractivity contribution in [3.8, 4) is 5.75 Å². The molecule has 0 radical (unpaired) electrons. The standard InChI is InChI=1S/C14H20O3/c1-4-11(10-14(15)17-5-2)12-6-8-13(16-3)9-7-12/h6-9,11H,4-5,10H2,1-3H3. The summed E-state index contributed by atoms with van der Waals surface area (Å²) in [5.74, 6) is 0.926. The first-order valence-corrected chi connectivity index (χ1v) is 6.00. The van der Waals surface area contributed by atoms with Gasteiger partial charge in [0.15, 0.2) is 0 Å². The number of carbonyl (C=O) groups is 1. The molecule has 17 heavy (non-hydrogen) atoms. The van der Waals surface area contributed by atoms with Crippen LogP contribution >= 0.6 is 0 Å². The highest BCUT2D eigenvalue weighted by Gasteiger charge is 2.14. The van der Waals surface area contributed by atoms with Crippen molar-refractivity contribution < 1.29 is 14.3 Å². The van der Waals surface area contributed by atoms with Gasteiger partial charge in [0.2, 0.25) is 0 Å². The summed E-state index contributed by atoms with van der Waals surface area (Å²) < 4.78 is 10.1. The highest BCUT2D eigenvalue weighted by Crippen LogP contribution is 2.25. The van der Waals surface area contributed by atoms with E-state index in [2.05, 4.69) is 6.92 Å². The first-order chi connectivity index (χ1) is 8.21. The third-order valence-electron chi connectivity index (χ3n) is 2.80. The summed E-state index contributed by atoms with van der Waals surface area (Å²) in [6.07, 6.45) is 1.36. The Morgan fingerprint density at radius 3 is 2.35 bits per heavy atom. The molecule has 0 amide bonds. The van der Waals surface area contributed by atoms with Crippen LogP contribution in [0.3, 0.4) is 0 Å². The van der Waals surface area contributed by atoms with E-state index >= 15 is 0 Å². The molecule has 0 saturated heterocycles. The number of rotatable bonds is 6. The van der Waals surface area contributed by atoms with Gasteiger partial charge < -0.3 is 9.47 Å². The van der Waals surface area contributed by atoms with E-state index in [-0.39, 0.29) is 11.9 Å². The molecule has 3 heteroatoms. The summed E-state index contributed by atoms with van der Waals surface area (Å²) >= 11 is 0. The van der Waals surface area contributed by atoms with E-state index in [0.717, 1.165) is 17.7 Å². The van der Waals surface area contributed by atoms with E-state index in [9.17, 15) is 4.79 Å². The zero-order chi connectivity index (χ0) is 12.7. The molecule has 1 aromatic rings. The van der Waals surface area contributed by atoms with E-state index < -0.39 is 0 Å². The minimum absolute atomic E-state index is 0.129. The van der Waals surface area contributed by atoms with Gasteiger partial charge in [0, 0.05) is 0 Å². The molecule has 0 N–H and O–H groups in total. The van der Waals surface area contributed by atoms with Crippen molar-refractivity contribution in [1.29, 1.82) is 0 Å². The molecule has 0 aliphatic carbocycles. The number of carbonyl (C=O) groups excluding carboxylic acids is 1. The molecule has 1 aromatic carbocycles. The molecule has 0 aliphatic heterocycles. The Kier molecular flexibility index (Phi) is 5.53. The number of esters is 1. The number of benzene rings is 1. The highest BCUT2D eigenvalue weighted by molar-refractivity contribution is 5.70. The van der Waals surface area contributed by atoms with Crippen LogP contribution in [0.2, 0.25) is 0 Å². The number of methoxy groups -OCH3 is 1. The van der Waals surface area contributed by atoms with Crippen LogP contribution in [0.15, 0.2) is 24.3 Å². The van der Waals surface area contributed by atoms with Gasteiger partial charge in [-0.1, -0.05) is 19.1 Å². The lowest BCUT2D eigenvalue weighted by Gasteiger charge is -2.14. The predicted octanol–water partition coefficient (Wildman–Crippen LogP) is 3.14. The van der Waals surface area contributed by atoms with Gasteiger partial charge in [-0.15, -0.1) is 0 Å². The third kappa shape index (κ3) is 4.10. The van der Waals surface area contributed by atoms with Gasteiger partial charge in [-0.2, -0.15) is 0 Å². The molecule has 1 atom stereocenters. The Balaban J connectivity index is 2.68. The predicted molar refractivity (Wildman–Crippen MR) is 67.3 cm³/mol. The lowest BCUT2D eigenvalue weighted by molar-refractivity contribution is -0.143. The van der Waals surface area contributed by atoms with Crippen molar-refractivity contribution >= 4 is 5.97 Å². The van der Waals surface area contributed by atoms with Crippen LogP contribution < -0.4 is 4.74 Å². The first kappa shape index (κ1) is 13.6. The van der Waals surface area contributed by atoms with Crippen molar-refractivity contribution in [3.05, 3.63) is 29.8 Å². The minimum atomic E-state index is -0.129. The molecule has 0 spiro atoms. The SMILES string of the molecule is CCOC(=O)CC(CC)c1ccc(OC)cc1. The Hall–Kier alpha value is -1.51. The molecule has 0 bridgehead atoms. The Bertz CT molecular complexity index is 343. The van der Waals surface area contributed by atoms with Gasteiger partial charge in [-0.3, -0.25) is 4.79 Å².